The number of nitrogens with zero attached hydrogens (tertiary/aromatic N) is 2. The molecule has 7 nitrogen and oxygen atoms in total. The van der Waals surface area contributed by atoms with Crippen LogP contribution >= 0.6 is 0 Å². The molecule has 1 amide bonds. The first kappa shape index (κ1) is 11.3. The van der Waals surface area contributed by atoms with Crippen LogP contribution in [-0.4, -0.2) is 40.2 Å². The van der Waals surface area contributed by atoms with Crippen LogP contribution in [-0.2, 0) is 4.74 Å². The molecule has 0 bridgehead atoms. The maximum Gasteiger partial charge on any atom is 0.410 e. The van der Waals surface area contributed by atoms with E-state index in [9.17, 15) is 9.90 Å². The Morgan fingerprint density at radius 1 is 1.60 bits per heavy atom. The maximum atomic E-state index is 10.2. The molecule has 1 aromatic rings. The van der Waals surface area contributed by atoms with Gasteiger partial charge in [0.1, 0.15) is 6.10 Å². The van der Waals surface area contributed by atoms with E-state index in [2.05, 4.69) is 10.2 Å². The molecule has 0 radical (unpaired) electrons. The standard InChI is InChI=1S/C8H11N3O4/c1-15-4-6(12)5-2-3-7(11-10-5)9-8(13)14/h2-3,6,12H,4H2,1H3,(H,9,11)(H,13,14). The molecule has 1 aromatic heterocycles. The number of carbonyl (C=O) groups is 1. The number of anilines is 1. The number of hydrogen-bond donors (Lipinski definition) is 3. The Labute approximate surface area is 85.7 Å². The summed E-state index contributed by atoms with van der Waals surface area (Å²) in [6.07, 6.45) is -2.07. The SMILES string of the molecule is COCC(O)c1ccc(NC(=O)O)nn1. The fourth-order valence-electron chi connectivity index (χ4n) is 0.940. The fourth-order valence-corrected chi connectivity index (χ4v) is 0.940. The molecular formula is C8H11N3O4. The van der Waals surface area contributed by atoms with Crippen molar-refractivity contribution in [3.8, 4) is 0 Å². The Bertz CT molecular complexity index is 327. The highest BCUT2D eigenvalue weighted by Crippen LogP contribution is 2.10. The van der Waals surface area contributed by atoms with Crippen molar-refractivity contribution in [2.24, 2.45) is 0 Å². The number of carboxylic acid groups (broad SMARTS) is 1. The minimum absolute atomic E-state index is 0.107. The van der Waals surface area contributed by atoms with Crippen molar-refractivity contribution in [3.63, 3.8) is 0 Å². The Hall–Kier alpha value is -1.73. The van der Waals surface area contributed by atoms with Gasteiger partial charge in [-0.25, -0.2) is 4.79 Å². The summed E-state index contributed by atoms with van der Waals surface area (Å²) < 4.78 is 4.73. The largest absolute Gasteiger partial charge is 0.465 e. The third-order valence-electron chi connectivity index (χ3n) is 1.59. The van der Waals surface area contributed by atoms with E-state index in [0.29, 0.717) is 5.69 Å². The average molecular weight is 213 g/mol. The highest BCUT2D eigenvalue weighted by atomic mass is 16.5. The van der Waals surface area contributed by atoms with Crippen LogP contribution in [0.4, 0.5) is 10.6 Å². The van der Waals surface area contributed by atoms with Gasteiger partial charge in [-0.2, -0.15) is 5.10 Å². The number of hydrogen-bond acceptors (Lipinski definition) is 5. The lowest BCUT2D eigenvalue weighted by Gasteiger charge is -2.07. The Morgan fingerprint density at radius 2 is 2.33 bits per heavy atom. The molecule has 1 unspecified atom stereocenters. The molecule has 1 heterocycles. The van der Waals surface area contributed by atoms with E-state index in [0.717, 1.165) is 0 Å². The normalized spacial score (nSPS) is 12.1. The van der Waals surface area contributed by atoms with Gasteiger partial charge in [0.2, 0.25) is 0 Å². The third-order valence-corrected chi connectivity index (χ3v) is 1.59. The van der Waals surface area contributed by atoms with Gasteiger partial charge >= 0.3 is 6.09 Å². The first-order chi connectivity index (χ1) is 7.13. The predicted octanol–water partition coefficient (Wildman–Crippen LogP) is 0.246. The zero-order chi connectivity index (χ0) is 11.3. The third kappa shape index (κ3) is 3.49. The van der Waals surface area contributed by atoms with Crippen LogP contribution in [0.1, 0.15) is 11.8 Å². The van der Waals surface area contributed by atoms with E-state index < -0.39 is 12.2 Å². The first-order valence-electron chi connectivity index (χ1n) is 4.14. The Balaban J connectivity index is 2.67. The van der Waals surface area contributed by atoms with Gasteiger partial charge in [0.05, 0.1) is 12.3 Å². The van der Waals surface area contributed by atoms with Gasteiger partial charge in [-0.15, -0.1) is 5.10 Å². The van der Waals surface area contributed by atoms with Gasteiger partial charge in [0, 0.05) is 7.11 Å². The number of aliphatic hydroxyl groups is 1. The van der Waals surface area contributed by atoms with E-state index in [1.165, 1.54) is 19.2 Å². The van der Waals surface area contributed by atoms with Gasteiger partial charge in [-0.3, -0.25) is 5.32 Å². The summed E-state index contributed by atoms with van der Waals surface area (Å²) in [5.41, 5.74) is 0.327. The van der Waals surface area contributed by atoms with Gasteiger partial charge in [-0.1, -0.05) is 0 Å². The Kier molecular flexibility index (Phi) is 3.95. The average Bonchev–Trinajstić information content (AvgIpc) is 2.18. The van der Waals surface area contributed by atoms with Gasteiger partial charge in [-0.05, 0) is 12.1 Å². The molecule has 0 aliphatic carbocycles. The molecule has 3 N–H and O–H groups in total. The van der Waals surface area contributed by atoms with E-state index in [4.69, 9.17) is 9.84 Å². The number of ether oxygens (including phenoxy) is 1. The van der Waals surface area contributed by atoms with Crippen molar-refractivity contribution < 1.29 is 19.7 Å². The fraction of sp³-hybridized carbons (Fsp3) is 0.375. The second-order valence-electron chi connectivity index (χ2n) is 2.74. The number of methoxy groups -OCH3 is 1. The minimum atomic E-state index is -1.21. The van der Waals surface area contributed by atoms with Crippen LogP contribution in [0.25, 0.3) is 0 Å². The van der Waals surface area contributed by atoms with Crippen molar-refractivity contribution in [3.05, 3.63) is 17.8 Å². The summed E-state index contributed by atoms with van der Waals surface area (Å²) in [4.78, 5) is 10.2. The van der Waals surface area contributed by atoms with Crippen LogP contribution < -0.4 is 5.32 Å². The van der Waals surface area contributed by atoms with Crippen LogP contribution in [0.3, 0.4) is 0 Å². The molecule has 0 aromatic carbocycles. The number of rotatable bonds is 4. The summed E-state index contributed by atoms with van der Waals surface area (Å²) in [6, 6.07) is 2.89. The number of aliphatic hydroxyl groups excluding tert-OH is 1. The van der Waals surface area contributed by atoms with E-state index >= 15 is 0 Å². The molecule has 15 heavy (non-hydrogen) atoms. The summed E-state index contributed by atoms with van der Waals surface area (Å²) in [5.74, 6) is 0.107. The monoisotopic (exact) mass is 213 g/mol. The highest BCUT2D eigenvalue weighted by molar-refractivity contribution is 5.81. The van der Waals surface area contributed by atoms with E-state index in [1.807, 2.05) is 5.32 Å². The van der Waals surface area contributed by atoms with Crippen molar-refractivity contribution >= 4 is 11.9 Å². The van der Waals surface area contributed by atoms with Crippen LogP contribution in [0.2, 0.25) is 0 Å². The quantitative estimate of drug-likeness (QED) is 0.662. The molecule has 0 fully saturated rings. The minimum Gasteiger partial charge on any atom is -0.465 e. The van der Waals surface area contributed by atoms with Crippen LogP contribution in [0, 0.1) is 0 Å². The summed E-state index contributed by atoms with van der Waals surface area (Å²) in [5, 5.41) is 27.1. The van der Waals surface area contributed by atoms with Crippen LogP contribution in [0.5, 0.6) is 0 Å². The lowest BCUT2D eigenvalue weighted by atomic mass is 10.2. The van der Waals surface area contributed by atoms with E-state index in [-0.39, 0.29) is 12.4 Å². The summed E-state index contributed by atoms with van der Waals surface area (Å²) in [6.45, 7) is 0.111. The van der Waals surface area contributed by atoms with Crippen molar-refractivity contribution in [2.45, 2.75) is 6.10 Å². The molecule has 1 rings (SSSR count). The smallest absolute Gasteiger partial charge is 0.410 e. The lowest BCUT2D eigenvalue weighted by Crippen LogP contribution is -2.12. The second-order valence-corrected chi connectivity index (χ2v) is 2.74. The lowest BCUT2D eigenvalue weighted by molar-refractivity contribution is 0.0612. The second kappa shape index (κ2) is 5.23. The predicted molar refractivity (Wildman–Crippen MR) is 50.5 cm³/mol. The van der Waals surface area contributed by atoms with Gasteiger partial charge in [0.25, 0.3) is 0 Å². The first-order valence-corrected chi connectivity index (χ1v) is 4.14. The summed E-state index contributed by atoms with van der Waals surface area (Å²) in [7, 11) is 1.46. The molecule has 1 atom stereocenters. The zero-order valence-electron chi connectivity index (χ0n) is 8.04. The molecule has 0 saturated carbocycles. The Morgan fingerprint density at radius 3 is 2.80 bits per heavy atom. The molecule has 82 valence electrons. The molecule has 0 aliphatic heterocycles. The van der Waals surface area contributed by atoms with Crippen LogP contribution in [0.15, 0.2) is 12.1 Å². The van der Waals surface area contributed by atoms with Gasteiger partial charge < -0.3 is 14.9 Å². The molecular weight excluding hydrogens is 202 g/mol. The number of aromatic nitrogens is 2. The molecule has 0 aliphatic rings. The zero-order valence-corrected chi connectivity index (χ0v) is 8.04. The highest BCUT2D eigenvalue weighted by Gasteiger charge is 2.09. The van der Waals surface area contributed by atoms with Crippen molar-refractivity contribution in [2.75, 3.05) is 19.0 Å². The maximum absolute atomic E-state index is 10.2. The number of amides is 1. The molecule has 7 heteroatoms. The summed E-state index contributed by atoms with van der Waals surface area (Å²) >= 11 is 0. The number of nitrogens with one attached hydrogen (secondary N) is 1. The van der Waals surface area contributed by atoms with Gasteiger partial charge in [0.15, 0.2) is 5.82 Å². The van der Waals surface area contributed by atoms with E-state index in [1.54, 1.807) is 0 Å². The topological polar surface area (TPSA) is 105 Å². The molecule has 0 saturated heterocycles. The van der Waals surface area contributed by atoms with Crippen molar-refractivity contribution in [1.82, 2.24) is 10.2 Å². The van der Waals surface area contributed by atoms with Crippen molar-refractivity contribution in [1.29, 1.82) is 0 Å². The molecule has 0 spiro atoms.